The maximum absolute atomic E-state index is 12.4. The number of esters is 1. The van der Waals surface area contributed by atoms with E-state index in [4.69, 9.17) is 29.4 Å². The van der Waals surface area contributed by atoms with Crippen LogP contribution in [-0.4, -0.2) is 72.7 Å². The van der Waals surface area contributed by atoms with Gasteiger partial charge in [0.15, 0.2) is 18.1 Å². The monoisotopic (exact) mass is 482 g/mol. The summed E-state index contributed by atoms with van der Waals surface area (Å²) >= 11 is 0. The van der Waals surface area contributed by atoms with Crippen LogP contribution in [0.3, 0.4) is 0 Å². The molecule has 180 valence electrons. The van der Waals surface area contributed by atoms with E-state index in [1.807, 2.05) is 0 Å². The molecule has 0 atom stereocenters. The Morgan fingerprint density at radius 3 is 2.00 bits per heavy atom. The molecular formula is C21H26N2O9S. The molecule has 2 N–H and O–H groups in total. The van der Waals surface area contributed by atoms with Crippen LogP contribution >= 0.6 is 0 Å². The maximum Gasteiger partial charge on any atom is 0.338 e. The average molecular weight is 483 g/mol. The van der Waals surface area contributed by atoms with E-state index < -0.39 is 28.5 Å². The topological polar surface area (TPSA) is 144 Å². The number of hydrogen-bond donors (Lipinski definition) is 1. The molecule has 33 heavy (non-hydrogen) atoms. The van der Waals surface area contributed by atoms with Gasteiger partial charge >= 0.3 is 5.97 Å². The van der Waals surface area contributed by atoms with Crippen LogP contribution in [0.2, 0.25) is 0 Å². The Morgan fingerprint density at radius 2 is 1.52 bits per heavy atom. The van der Waals surface area contributed by atoms with Gasteiger partial charge in [-0.2, -0.15) is 0 Å². The van der Waals surface area contributed by atoms with Crippen molar-refractivity contribution in [3.05, 3.63) is 42.0 Å². The fourth-order valence-electron chi connectivity index (χ4n) is 2.58. The summed E-state index contributed by atoms with van der Waals surface area (Å²) in [5.41, 5.74) is 5.22. The highest BCUT2D eigenvalue weighted by molar-refractivity contribution is 7.89. The van der Waals surface area contributed by atoms with Crippen molar-refractivity contribution in [2.24, 2.45) is 5.73 Å². The first-order valence-corrected chi connectivity index (χ1v) is 11.0. The van der Waals surface area contributed by atoms with Crippen molar-refractivity contribution in [2.45, 2.75) is 4.90 Å². The molecule has 0 aliphatic heterocycles. The van der Waals surface area contributed by atoms with E-state index >= 15 is 0 Å². The Kier molecular flexibility index (Phi) is 8.88. The molecule has 0 unspecified atom stereocenters. The van der Waals surface area contributed by atoms with Gasteiger partial charge in [-0.25, -0.2) is 17.5 Å². The number of hydrogen-bond acceptors (Lipinski definition) is 9. The second-order valence-electron chi connectivity index (χ2n) is 6.71. The Bertz CT molecular complexity index is 1060. The highest BCUT2D eigenvalue weighted by atomic mass is 32.2. The van der Waals surface area contributed by atoms with E-state index in [9.17, 15) is 18.0 Å². The van der Waals surface area contributed by atoms with Crippen LogP contribution in [0, 0.1) is 0 Å². The first kappa shape index (κ1) is 25.7. The zero-order chi connectivity index (χ0) is 24.6. The summed E-state index contributed by atoms with van der Waals surface area (Å²) in [5.74, 6) is -0.486. The molecule has 0 spiro atoms. The molecular weight excluding hydrogens is 456 g/mol. The van der Waals surface area contributed by atoms with Gasteiger partial charge in [-0.15, -0.1) is 0 Å². The number of carbonyl (C=O) groups excluding carboxylic acids is 2. The zero-order valence-corrected chi connectivity index (χ0v) is 19.5. The standard InChI is InChI=1S/C21H26N2O9S/c1-23(2)33(26,27)16-7-5-15(6-8-16)30-9-10-31-21(25)14-11-17(28-3)20(18(12-14)29-4)32-13-19(22)24/h5-8,11-12H,9-10,13H2,1-4H3,(H2,22,24). The van der Waals surface area contributed by atoms with Crippen LogP contribution in [0.1, 0.15) is 10.4 Å². The van der Waals surface area contributed by atoms with Crippen molar-refractivity contribution in [1.82, 2.24) is 4.31 Å². The van der Waals surface area contributed by atoms with Gasteiger partial charge in [0.05, 0.1) is 24.7 Å². The molecule has 2 rings (SSSR count). The second kappa shape index (κ2) is 11.4. The smallest absolute Gasteiger partial charge is 0.338 e. The van der Waals surface area contributed by atoms with Crippen molar-refractivity contribution in [3.63, 3.8) is 0 Å². The summed E-state index contributed by atoms with van der Waals surface area (Å²) in [6.45, 7) is -0.420. The number of rotatable bonds is 12. The number of primary amides is 1. The summed E-state index contributed by atoms with van der Waals surface area (Å²) < 4.78 is 51.7. The molecule has 0 aromatic heterocycles. The van der Waals surface area contributed by atoms with Crippen LogP contribution < -0.4 is 24.7 Å². The molecule has 0 radical (unpaired) electrons. The minimum absolute atomic E-state index is 0.0413. The van der Waals surface area contributed by atoms with Crippen molar-refractivity contribution in [3.8, 4) is 23.0 Å². The average Bonchev–Trinajstić information content (AvgIpc) is 2.79. The second-order valence-corrected chi connectivity index (χ2v) is 8.86. The highest BCUT2D eigenvalue weighted by Crippen LogP contribution is 2.38. The molecule has 0 saturated heterocycles. The molecule has 11 nitrogen and oxygen atoms in total. The van der Waals surface area contributed by atoms with E-state index in [0.717, 1.165) is 4.31 Å². The highest BCUT2D eigenvalue weighted by Gasteiger charge is 2.19. The minimum atomic E-state index is -3.53. The molecule has 0 aliphatic carbocycles. The molecule has 2 aromatic rings. The number of benzene rings is 2. The first-order chi connectivity index (χ1) is 15.6. The summed E-state index contributed by atoms with van der Waals surface area (Å²) in [6, 6.07) is 8.64. The van der Waals surface area contributed by atoms with Crippen LogP contribution in [0.4, 0.5) is 0 Å². The van der Waals surface area contributed by atoms with Gasteiger partial charge in [-0.05, 0) is 36.4 Å². The number of methoxy groups -OCH3 is 2. The molecule has 0 bridgehead atoms. The SMILES string of the molecule is COc1cc(C(=O)OCCOc2ccc(S(=O)(=O)N(C)C)cc2)cc(OC)c1OCC(N)=O. The van der Waals surface area contributed by atoms with Gasteiger partial charge in [-0.1, -0.05) is 0 Å². The van der Waals surface area contributed by atoms with Gasteiger partial charge in [0.1, 0.15) is 19.0 Å². The Labute approximate surface area is 192 Å². The molecule has 0 heterocycles. The predicted molar refractivity (Wildman–Crippen MR) is 117 cm³/mol. The van der Waals surface area contributed by atoms with Gasteiger partial charge < -0.3 is 29.4 Å². The summed E-state index contributed by atoms with van der Waals surface area (Å²) in [6.07, 6.45) is 0. The van der Waals surface area contributed by atoms with E-state index in [1.165, 1.54) is 64.7 Å². The number of carbonyl (C=O) groups is 2. The van der Waals surface area contributed by atoms with Gasteiger partial charge in [-0.3, -0.25) is 4.79 Å². The molecule has 0 saturated carbocycles. The lowest BCUT2D eigenvalue weighted by molar-refractivity contribution is -0.120. The molecule has 0 fully saturated rings. The van der Waals surface area contributed by atoms with Crippen LogP contribution in [0.25, 0.3) is 0 Å². The largest absolute Gasteiger partial charge is 0.493 e. The lowest BCUT2D eigenvalue weighted by Gasteiger charge is -2.15. The summed E-state index contributed by atoms with van der Waals surface area (Å²) in [7, 11) is 2.09. The third kappa shape index (κ3) is 6.73. The van der Waals surface area contributed by atoms with E-state index in [1.54, 1.807) is 0 Å². The summed E-state index contributed by atoms with van der Waals surface area (Å²) in [5, 5.41) is 0. The van der Waals surface area contributed by atoms with Gasteiger partial charge in [0.2, 0.25) is 15.8 Å². The molecule has 0 aliphatic rings. The Hall–Kier alpha value is -3.51. The van der Waals surface area contributed by atoms with E-state index in [2.05, 4.69) is 0 Å². The molecule has 2 aromatic carbocycles. The number of nitrogens with zero attached hydrogens (tertiary/aromatic N) is 1. The first-order valence-electron chi connectivity index (χ1n) is 9.59. The van der Waals surface area contributed by atoms with Crippen molar-refractivity contribution >= 4 is 21.9 Å². The van der Waals surface area contributed by atoms with Crippen LogP contribution in [0.5, 0.6) is 23.0 Å². The van der Waals surface area contributed by atoms with E-state index in [-0.39, 0.29) is 40.9 Å². The fourth-order valence-corrected chi connectivity index (χ4v) is 3.48. The Morgan fingerprint density at radius 1 is 0.939 bits per heavy atom. The number of ether oxygens (including phenoxy) is 5. The number of sulfonamides is 1. The third-order valence-electron chi connectivity index (χ3n) is 4.24. The van der Waals surface area contributed by atoms with Crippen molar-refractivity contribution in [1.29, 1.82) is 0 Å². The van der Waals surface area contributed by atoms with Gasteiger partial charge in [0.25, 0.3) is 5.91 Å². The fraction of sp³-hybridized carbons (Fsp3) is 0.333. The molecule has 12 heteroatoms. The lowest BCUT2D eigenvalue weighted by atomic mass is 10.2. The quantitative estimate of drug-likeness (QED) is 0.347. The van der Waals surface area contributed by atoms with Crippen molar-refractivity contribution < 1.29 is 41.7 Å². The number of amides is 1. The minimum Gasteiger partial charge on any atom is -0.493 e. The van der Waals surface area contributed by atoms with Crippen LogP contribution in [-0.2, 0) is 19.6 Å². The maximum atomic E-state index is 12.4. The lowest BCUT2D eigenvalue weighted by Crippen LogP contribution is -2.22. The Balaban J connectivity index is 1.97. The number of nitrogens with two attached hydrogens (primary N) is 1. The molecule has 1 amide bonds. The third-order valence-corrected chi connectivity index (χ3v) is 6.07. The predicted octanol–water partition coefficient (Wildman–Crippen LogP) is 1.05. The van der Waals surface area contributed by atoms with E-state index in [0.29, 0.717) is 5.75 Å². The van der Waals surface area contributed by atoms with Gasteiger partial charge in [0, 0.05) is 14.1 Å². The van der Waals surface area contributed by atoms with Crippen molar-refractivity contribution in [2.75, 3.05) is 48.1 Å². The normalized spacial score (nSPS) is 11.1. The van der Waals surface area contributed by atoms with Crippen LogP contribution in [0.15, 0.2) is 41.3 Å². The zero-order valence-electron chi connectivity index (χ0n) is 18.7. The summed E-state index contributed by atoms with van der Waals surface area (Å²) in [4.78, 5) is 23.5.